The maximum Gasteiger partial charge on any atom is 0.244 e. The standard InChI is InChI=1S/C23H28N6O/c1-17-7-9-18(10-8-17)20-14-24-23(27(2)3)26-22(20)19-6-4-12-28(15-19)21(30)16-29-13-5-11-25-29/h5,7-11,13-14,19H,4,6,12,15-16H2,1-3H3/t19-/m0/s1. The van der Waals surface area contributed by atoms with Gasteiger partial charge in [0.1, 0.15) is 6.54 Å². The Bertz CT molecular complexity index is 997. The van der Waals surface area contributed by atoms with Crippen LogP contribution in [0, 0.1) is 6.92 Å². The van der Waals surface area contributed by atoms with Crippen LogP contribution in [0.5, 0.6) is 0 Å². The zero-order chi connectivity index (χ0) is 21.1. The molecule has 4 rings (SSSR count). The van der Waals surface area contributed by atoms with E-state index < -0.39 is 0 Å². The maximum absolute atomic E-state index is 12.8. The lowest BCUT2D eigenvalue weighted by atomic mass is 9.89. The van der Waals surface area contributed by atoms with Crippen LogP contribution < -0.4 is 4.90 Å². The molecule has 1 amide bonds. The second kappa shape index (κ2) is 8.65. The van der Waals surface area contributed by atoms with Gasteiger partial charge in [-0.1, -0.05) is 29.8 Å². The smallest absolute Gasteiger partial charge is 0.244 e. The Morgan fingerprint density at radius 3 is 2.73 bits per heavy atom. The first-order chi connectivity index (χ1) is 14.5. The first-order valence-electron chi connectivity index (χ1n) is 10.4. The average molecular weight is 405 g/mol. The summed E-state index contributed by atoms with van der Waals surface area (Å²) in [5, 5.41) is 4.16. The van der Waals surface area contributed by atoms with E-state index >= 15 is 0 Å². The number of aryl methyl sites for hydroxylation is 1. The third kappa shape index (κ3) is 4.35. The van der Waals surface area contributed by atoms with E-state index in [4.69, 9.17) is 4.98 Å². The summed E-state index contributed by atoms with van der Waals surface area (Å²) in [7, 11) is 3.90. The van der Waals surface area contributed by atoms with Crippen LogP contribution in [-0.4, -0.2) is 57.7 Å². The molecule has 0 radical (unpaired) electrons. The average Bonchev–Trinajstić information content (AvgIpc) is 3.27. The van der Waals surface area contributed by atoms with Crippen molar-refractivity contribution in [3.8, 4) is 11.1 Å². The van der Waals surface area contributed by atoms with Gasteiger partial charge in [0.05, 0.1) is 5.69 Å². The van der Waals surface area contributed by atoms with Gasteiger partial charge in [-0.2, -0.15) is 5.10 Å². The summed E-state index contributed by atoms with van der Waals surface area (Å²) in [6.45, 7) is 3.81. The van der Waals surface area contributed by atoms with Gasteiger partial charge in [-0.25, -0.2) is 9.97 Å². The fraction of sp³-hybridized carbons (Fsp3) is 0.391. The highest BCUT2D eigenvalue weighted by atomic mass is 16.2. The fourth-order valence-corrected chi connectivity index (χ4v) is 3.93. The predicted octanol–water partition coefficient (Wildman–Crippen LogP) is 3.12. The van der Waals surface area contributed by atoms with Gasteiger partial charge in [0, 0.05) is 57.3 Å². The minimum absolute atomic E-state index is 0.0992. The summed E-state index contributed by atoms with van der Waals surface area (Å²) in [6, 6.07) is 10.3. The third-order valence-corrected chi connectivity index (χ3v) is 5.59. The number of likely N-dealkylation sites (tertiary alicyclic amines) is 1. The normalized spacial score (nSPS) is 16.5. The van der Waals surface area contributed by atoms with Crippen LogP contribution in [0.2, 0.25) is 0 Å². The summed E-state index contributed by atoms with van der Waals surface area (Å²) < 4.78 is 1.68. The van der Waals surface area contributed by atoms with Gasteiger partial charge in [0.2, 0.25) is 11.9 Å². The molecule has 0 unspecified atom stereocenters. The number of anilines is 1. The van der Waals surface area contributed by atoms with Crippen molar-refractivity contribution in [1.29, 1.82) is 0 Å². The van der Waals surface area contributed by atoms with Crippen LogP contribution in [0.3, 0.4) is 0 Å². The van der Waals surface area contributed by atoms with Crippen molar-refractivity contribution in [1.82, 2.24) is 24.6 Å². The summed E-state index contributed by atoms with van der Waals surface area (Å²) in [5.74, 6) is 0.973. The number of nitrogens with zero attached hydrogens (tertiary/aromatic N) is 6. The van der Waals surface area contributed by atoms with Crippen molar-refractivity contribution in [2.24, 2.45) is 0 Å². The molecule has 0 N–H and O–H groups in total. The molecule has 2 aromatic heterocycles. The van der Waals surface area contributed by atoms with Crippen LogP contribution >= 0.6 is 0 Å². The number of aromatic nitrogens is 4. The first kappa shape index (κ1) is 20.1. The van der Waals surface area contributed by atoms with Crippen molar-refractivity contribution in [3.63, 3.8) is 0 Å². The van der Waals surface area contributed by atoms with Gasteiger partial charge in [0.25, 0.3) is 0 Å². The molecule has 0 aliphatic carbocycles. The molecule has 3 aromatic rings. The molecule has 0 spiro atoms. The van der Waals surface area contributed by atoms with Crippen LogP contribution in [0.1, 0.15) is 30.0 Å². The topological polar surface area (TPSA) is 67.2 Å². The molecule has 1 aromatic carbocycles. The third-order valence-electron chi connectivity index (χ3n) is 5.59. The lowest BCUT2D eigenvalue weighted by Crippen LogP contribution is -2.41. The van der Waals surface area contributed by atoms with E-state index in [2.05, 4.69) is 41.3 Å². The molecular weight excluding hydrogens is 376 g/mol. The molecule has 1 saturated heterocycles. The monoisotopic (exact) mass is 404 g/mol. The Morgan fingerprint density at radius 1 is 1.23 bits per heavy atom. The maximum atomic E-state index is 12.8. The van der Waals surface area contributed by atoms with E-state index in [0.29, 0.717) is 12.5 Å². The molecule has 0 saturated carbocycles. The Labute approximate surface area is 177 Å². The Hall–Kier alpha value is -3.22. The quantitative estimate of drug-likeness (QED) is 0.654. The van der Waals surface area contributed by atoms with E-state index in [1.165, 1.54) is 5.56 Å². The van der Waals surface area contributed by atoms with E-state index in [0.717, 1.165) is 36.2 Å². The molecule has 1 aliphatic rings. The van der Waals surface area contributed by atoms with E-state index in [1.54, 1.807) is 10.9 Å². The molecule has 156 valence electrons. The zero-order valence-electron chi connectivity index (χ0n) is 17.8. The van der Waals surface area contributed by atoms with Gasteiger partial charge in [-0.3, -0.25) is 9.48 Å². The Balaban J connectivity index is 1.63. The number of piperidine rings is 1. The van der Waals surface area contributed by atoms with Crippen molar-refractivity contribution in [3.05, 3.63) is 60.2 Å². The number of hydrogen-bond acceptors (Lipinski definition) is 5. The molecular formula is C23H28N6O. The second-order valence-electron chi connectivity index (χ2n) is 8.11. The SMILES string of the molecule is Cc1ccc(-c2cnc(N(C)C)nc2[C@H]2CCCN(C(=O)Cn3cccn3)C2)cc1. The Kier molecular flexibility index (Phi) is 5.79. The van der Waals surface area contributed by atoms with E-state index in [-0.39, 0.29) is 18.4 Å². The van der Waals surface area contributed by atoms with Gasteiger partial charge in [-0.05, 0) is 31.4 Å². The number of amides is 1. The minimum atomic E-state index is 0.0992. The fourth-order valence-electron chi connectivity index (χ4n) is 3.93. The van der Waals surface area contributed by atoms with Crippen molar-refractivity contribution < 1.29 is 4.79 Å². The number of carbonyl (C=O) groups is 1. The first-order valence-corrected chi connectivity index (χ1v) is 10.4. The lowest BCUT2D eigenvalue weighted by Gasteiger charge is -2.33. The molecule has 30 heavy (non-hydrogen) atoms. The lowest BCUT2D eigenvalue weighted by molar-refractivity contribution is -0.133. The molecule has 7 heteroatoms. The largest absolute Gasteiger partial charge is 0.347 e. The van der Waals surface area contributed by atoms with Crippen LogP contribution in [0.15, 0.2) is 48.9 Å². The molecule has 1 atom stereocenters. The number of rotatable bonds is 5. The summed E-state index contributed by atoms with van der Waals surface area (Å²) in [5.41, 5.74) is 4.40. The molecule has 7 nitrogen and oxygen atoms in total. The van der Waals surface area contributed by atoms with Gasteiger partial charge >= 0.3 is 0 Å². The summed E-state index contributed by atoms with van der Waals surface area (Å²) >= 11 is 0. The van der Waals surface area contributed by atoms with Crippen molar-refractivity contribution in [2.75, 3.05) is 32.1 Å². The number of benzene rings is 1. The summed E-state index contributed by atoms with van der Waals surface area (Å²) in [4.78, 5) is 26.2. The Morgan fingerprint density at radius 2 is 2.03 bits per heavy atom. The predicted molar refractivity (Wildman–Crippen MR) is 117 cm³/mol. The van der Waals surface area contributed by atoms with E-state index in [1.807, 2.05) is 42.4 Å². The van der Waals surface area contributed by atoms with Gasteiger partial charge in [-0.15, -0.1) is 0 Å². The highest BCUT2D eigenvalue weighted by Crippen LogP contribution is 2.34. The number of hydrogen-bond donors (Lipinski definition) is 0. The van der Waals surface area contributed by atoms with Crippen molar-refractivity contribution in [2.45, 2.75) is 32.2 Å². The highest BCUT2D eigenvalue weighted by molar-refractivity contribution is 5.76. The second-order valence-corrected chi connectivity index (χ2v) is 8.11. The molecule has 1 fully saturated rings. The zero-order valence-corrected chi connectivity index (χ0v) is 17.8. The minimum Gasteiger partial charge on any atom is -0.347 e. The summed E-state index contributed by atoms with van der Waals surface area (Å²) in [6.07, 6.45) is 7.41. The van der Waals surface area contributed by atoms with Crippen LogP contribution in [0.4, 0.5) is 5.95 Å². The number of carbonyl (C=O) groups excluding carboxylic acids is 1. The van der Waals surface area contributed by atoms with Crippen LogP contribution in [0.25, 0.3) is 11.1 Å². The van der Waals surface area contributed by atoms with Gasteiger partial charge in [0.15, 0.2) is 0 Å². The van der Waals surface area contributed by atoms with Crippen LogP contribution in [-0.2, 0) is 11.3 Å². The van der Waals surface area contributed by atoms with Crippen molar-refractivity contribution >= 4 is 11.9 Å². The molecule has 0 bridgehead atoms. The highest BCUT2D eigenvalue weighted by Gasteiger charge is 2.28. The van der Waals surface area contributed by atoms with Gasteiger partial charge < -0.3 is 9.80 Å². The van der Waals surface area contributed by atoms with E-state index in [9.17, 15) is 4.79 Å². The molecule has 3 heterocycles. The molecule has 1 aliphatic heterocycles.